The molecule has 0 bridgehead atoms. The molecule has 242 valence electrons. The maximum Gasteiger partial charge on any atom is 0.423 e. The van der Waals surface area contributed by atoms with Crippen molar-refractivity contribution in [3.05, 3.63) is 49.7 Å². The molecule has 44 heavy (non-hydrogen) atoms. The van der Waals surface area contributed by atoms with Crippen LogP contribution in [0.4, 0.5) is 36.4 Å². The molecule has 1 aromatic carbocycles. The van der Waals surface area contributed by atoms with Crippen LogP contribution in [-0.2, 0) is 28.5 Å². The van der Waals surface area contributed by atoms with Crippen molar-refractivity contribution in [2.24, 2.45) is 0 Å². The second kappa shape index (κ2) is 13.2. The Hall–Kier alpha value is -4.15. The lowest BCUT2D eigenvalue weighted by Gasteiger charge is -2.38. The Bertz CT molecular complexity index is 1490. The van der Waals surface area contributed by atoms with Gasteiger partial charge in [0.2, 0.25) is 0 Å². The van der Waals surface area contributed by atoms with Crippen molar-refractivity contribution >= 4 is 24.5 Å². The number of aromatic nitrogens is 1. The van der Waals surface area contributed by atoms with E-state index in [1.165, 1.54) is 0 Å². The number of likely N-dealkylation sites (tertiary alicyclic amines) is 1. The number of benzene rings is 1. The van der Waals surface area contributed by atoms with Gasteiger partial charge in [-0.2, -0.15) is 26.3 Å². The zero-order chi connectivity index (χ0) is 33.1. The van der Waals surface area contributed by atoms with Gasteiger partial charge in [0.1, 0.15) is 11.1 Å². The van der Waals surface area contributed by atoms with Crippen molar-refractivity contribution in [3.8, 4) is 11.5 Å². The van der Waals surface area contributed by atoms with Gasteiger partial charge in [-0.15, -0.1) is 0 Å². The van der Waals surface area contributed by atoms with E-state index in [1.807, 2.05) is 24.3 Å². The number of carbonyl (C=O) groups is 3. The molecule has 3 N–H and O–H groups in total. The first-order chi connectivity index (χ1) is 20.5. The summed E-state index contributed by atoms with van der Waals surface area (Å²) in [5.74, 6) is -5.82. The number of aromatic amines is 1. The van der Waals surface area contributed by atoms with Gasteiger partial charge in [-0.05, 0) is 45.7 Å². The number of carbonyl (C=O) groups excluding carboxylic acids is 3. The summed E-state index contributed by atoms with van der Waals surface area (Å²) in [5.41, 5.74) is -8.92. The lowest BCUT2D eigenvalue weighted by atomic mass is 9.93. The summed E-state index contributed by atoms with van der Waals surface area (Å²) < 4.78 is 108. The molecule has 0 aliphatic carbocycles. The van der Waals surface area contributed by atoms with Crippen LogP contribution in [0.15, 0.2) is 4.79 Å². The number of hydrogen-bond donors (Lipinski definition) is 3. The number of anilines is 1. The van der Waals surface area contributed by atoms with Gasteiger partial charge < -0.3 is 30.0 Å². The van der Waals surface area contributed by atoms with Gasteiger partial charge in [0.25, 0.3) is 24.4 Å². The summed E-state index contributed by atoms with van der Waals surface area (Å²) in [6.07, 6.45) is -9.18. The maximum atomic E-state index is 14.5. The number of aryl methyl sites for hydroxylation is 1. The topological polar surface area (TPSA) is 130 Å². The van der Waals surface area contributed by atoms with E-state index in [2.05, 4.69) is 15.0 Å². The highest BCUT2D eigenvalue weighted by molar-refractivity contribution is 6.02. The third-order valence-electron chi connectivity index (χ3n) is 7.47. The Kier molecular flexibility index (Phi) is 10.3. The molecular weight excluding hydrogens is 609 g/mol. The number of halogens is 7. The number of rotatable bonds is 10. The average molecular weight is 639 g/mol. The molecule has 1 aromatic heterocycles. The molecule has 0 saturated carbocycles. The molecule has 1 saturated heterocycles. The molecule has 0 spiro atoms. The first-order valence-corrected chi connectivity index (χ1v) is 13.2. The summed E-state index contributed by atoms with van der Waals surface area (Å²) in [7, 11) is 1.88. The number of alkyl halides is 6. The highest BCUT2D eigenvalue weighted by atomic mass is 19.4. The van der Waals surface area contributed by atoms with Gasteiger partial charge in [0, 0.05) is 25.2 Å². The Labute approximate surface area is 245 Å². The minimum Gasteiger partial charge on any atom is -0.427 e. The molecule has 1 fully saturated rings. The van der Waals surface area contributed by atoms with Crippen molar-refractivity contribution in [2.75, 3.05) is 18.9 Å². The molecule has 17 heteroatoms. The standard InChI is InChI=1S/C27H29F7N4O6/c1-5-15-8-14(6-7-38(15)4)37-21-12(2)17(22(43-10-39)19(27(32,33)34)23(21)44-11-40)25(42)35-9-16-18(26(29,30)31)20(28)13(3)36-24(16)41/h10-11,14-15,37H,5-9H2,1-4H3,(H,35,42)(H,36,41). The van der Waals surface area contributed by atoms with Crippen LogP contribution < -0.4 is 25.7 Å². The number of amides is 1. The van der Waals surface area contributed by atoms with Gasteiger partial charge >= 0.3 is 12.4 Å². The molecule has 2 unspecified atom stereocenters. The zero-order valence-electron chi connectivity index (χ0n) is 23.9. The normalized spacial score (nSPS) is 17.6. The highest BCUT2D eigenvalue weighted by Crippen LogP contribution is 2.50. The Balaban J connectivity index is 2.21. The molecule has 2 aromatic rings. The van der Waals surface area contributed by atoms with Crippen LogP contribution in [0.3, 0.4) is 0 Å². The fourth-order valence-corrected chi connectivity index (χ4v) is 5.29. The summed E-state index contributed by atoms with van der Waals surface area (Å²) in [4.78, 5) is 52.3. The van der Waals surface area contributed by atoms with E-state index in [9.17, 15) is 49.9 Å². The van der Waals surface area contributed by atoms with Crippen molar-refractivity contribution in [1.82, 2.24) is 15.2 Å². The quantitative estimate of drug-likeness (QED) is 0.257. The highest BCUT2D eigenvalue weighted by Gasteiger charge is 2.44. The van der Waals surface area contributed by atoms with Crippen LogP contribution in [-0.4, -0.2) is 54.4 Å². The predicted octanol–water partition coefficient (Wildman–Crippen LogP) is 4.45. The fraction of sp³-hybridized carbons (Fsp3) is 0.481. The molecule has 1 amide bonds. The number of hydrogen-bond acceptors (Lipinski definition) is 8. The molecule has 1 aliphatic heterocycles. The van der Waals surface area contributed by atoms with Gasteiger partial charge in [0.05, 0.1) is 22.5 Å². The monoisotopic (exact) mass is 638 g/mol. The Morgan fingerprint density at radius 2 is 1.64 bits per heavy atom. The van der Waals surface area contributed by atoms with E-state index >= 15 is 0 Å². The van der Waals surface area contributed by atoms with Crippen molar-refractivity contribution in [2.45, 2.75) is 71.0 Å². The molecule has 2 atom stereocenters. The smallest absolute Gasteiger partial charge is 0.423 e. The predicted molar refractivity (Wildman–Crippen MR) is 141 cm³/mol. The van der Waals surface area contributed by atoms with Crippen LogP contribution in [0.25, 0.3) is 0 Å². The largest absolute Gasteiger partial charge is 0.427 e. The molecular formula is C27H29F7N4O6. The number of piperidine rings is 1. The van der Waals surface area contributed by atoms with E-state index in [0.717, 1.165) is 13.8 Å². The summed E-state index contributed by atoms with van der Waals surface area (Å²) in [5, 5.41) is 4.81. The summed E-state index contributed by atoms with van der Waals surface area (Å²) >= 11 is 0. The number of pyridine rings is 1. The maximum absolute atomic E-state index is 14.5. The van der Waals surface area contributed by atoms with Crippen molar-refractivity contribution < 1.29 is 54.6 Å². The van der Waals surface area contributed by atoms with Crippen LogP contribution in [0.2, 0.25) is 0 Å². The van der Waals surface area contributed by atoms with E-state index in [4.69, 9.17) is 4.74 Å². The molecule has 1 aliphatic rings. The van der Waals surface area contributed by atoms with Gasteiger partial charge in [-0.1, -0.05) is 6.92 Å². The number of nitrogens with zero attached hydrogens (tertiary/aromatic N) is 1. The van der Waals surface area contributed by atoms with Crippen LogP contribution in [0, 0.1) is 19.7 Å². The second-order valence-electron chi connectivity index (χ2n) is 10.2. The molecule has 3 rings (SSSR count). The third-order valence-corrected chi connectivity index (χ3v) is 7.47. The van der Waals surface area contributed by atoms with E-state index in [0.29, 0.717) is 25.8 Å². The van der Waals surface area contributed by atoms with Crippen molar-refractivity contribution in [1.29, 1.82) is 0 Å². The zero-order valence-corrected chi connectivity index (χ0v) is 23.9. The van der Waals surface area contributed by atoms with Gasteiger partial charge in [-0.3, -0.25) is 19.2 Å². The van der Waals surface area contributed by atoms with Gasteiger partial charge in [0.15, 0.2) is 17.3 Å². The Morgan fingerprint density at radius 1 is 1.05 bits per heavy atom. The summed E-state index contributed by atoms with van der Waals surface area (Å²) in [6.45, 7) is 2.49. The van der Waals surface area contributed by atoms with Crippen LogP contribution >= 0.6 is 0 Å². The lowest BCUT2D eigenvalue weighted by molar-refractivity contribution is -0.142. The van der Waals surface area contributed by atoms with E-state index in [-0.39, 0.29) is 18.1 Å². The number of nitrogens with one attached hydrogen (secondary N) is 3. The molecule has 2 heterocycles. The van der Waals surface area contributed by atoms with Gasteiger partial charge in [-0.25, -0.2) is 4.39 Å². The lowest BCUT2D eigenvalue weighted by Crippen LogP contribution is -2.44. The van der Waals surface area contributed by atoms with Crippen LogP contribution in [0.1, 0.15) is 64.5 Å². The minimum atomic E-state index is -5.39. The second-order valence-corrected chi connectivity index (χ2v) is 10.2. The number of H-pyrrole nitrogens is 1. The average Bonchev–Trinajstić information content (AvgIpc) is 2.91. The molecule has 0 radical (unpaired) electrons. The fourth-order valence-electron chi connectivity index (χ4n) is 5.29. The molecule has 10 nitrogen and oxygen atoms in total. The van der Waals surface area contributed by atoms with Crippen molar-refractivity contribution in [3.63, 3.8) is 0 Å². The van der Waals surface area contributed by atoms with Crippen LogP contribution in [0.5, 0.6) is 11.5 Å². The van der Waals surface area contributed by atoms with E-state index < -0.39 is 93.8 Å². The Morgan fingerprint density at radius 3 is 2.18 bits per heavy atom. The minimum absolute atomic E-state index is 0.0374. The summed E-state index contributed by atoms with van der Waals surface area (Å²) in [6, 6.07) is -0.433. The number of ether oxygens (including phenoxy) is 2. The van der Waals surface area contributed by atoms with E-state index in [1.54, 1.807) is 0 Å². The SMILES string of the molecule is CCC1CC(Nc2c(C)c(C(=O)NCc3c(C(F)(F)F)c(F)c(C)[nH]c3=O)c(OC=O)c(C(F)(F)F)c2OC=O)CCN1C. The third kappa shape index (κ3) is 6.97. The first kappa shape index (κ1) is 34.3. The first-order valence-electron chi connectivity index (χ1n) is 13.2.